The van der Waals surface area contributed by atoms with Crippen molar-refractivity contribution in [3.05, 3.63) is 322 Å². The molecule has 0 amide bonds. The molecule has 3 N–H and O–H groups in total. The van der Waals surface area contributed by atoms with Crippen molar-refractivity contribution in [1.82, 2.24) is 49.7 Å². The van der Waals surface area contributed by atoms with E-state index >= 15 is 8.78 Å². The van der Waals surface area contributed by atoms with Crippen LogP contribution in [0.4, 0.5) is 8.78 Å². The summed E-state index contributed by atoms with van der Waals surface area (Å²) in [6.45, 7) is 11.4. The number of aromatic amines is 2. The number of halogens is 2. The van der Waals surface area contributed by atoms with Gasteiger partial charge in [-0.3, -0.25) is 30.0 Å². The van der Waals surface area contributed by atoms with Gasteiger partial charge in [-0.25, -0.2) is 18.7 Å². The highest BCUT2D eigenvalue weighted by atomic mass is 19.1. The number of hydrogen-bond donors (Lipinski definition) is 3. The molecule has 0 saturated heterocycles. The first kappa shape index (κ1) is 70.5. The maximum Gasteiger partial charge on any atom is 0.324 e. The molecule has 538 valence electrons. The van der Waals surface area contributed by atoms with E-state index in [9.17, 15) is 9.59 Å². The van der Waals surface area contributed by atoms with E-state index < -0.39 is 23.7 Å². The number of rotatable bonds is 23. The molecule has 0 radical (unpaired) electrons. The number of esters is 2. The number of nitrogens with one attached hydrogen (secondary N) is 3. The van der Waals surface area contributed by atoms with Gasteiger partial charge in [-0.05, 0) is 142 Å². The van der Waals surface area contributed by atoms with Crippen molar-refractivity contribution in [3.63, 3.8) is 0 Å². The van der Waals surface area contributed by atoms with E-state index in [1.807, 2.05) is 200 Å². The van der Waals surface area contributed by atoms with Crippen molar-refractivity contribution >= 4 is 33.7 Å². The quantitative estimate of drug-likeness (QED) is 0.0517. The summed E-state index contributed by atoms with van der Waals surface area (Å²) in [7, 11) is 0. The maximum absolute atomic E-state index is 15.5. The minimum Gasteiger partial charge on any atom is -0.486 e. The van der Waals surface area contributed by atoms with Crippen LogP contribution in [0.1, 0.15) is 95.0 Å². The van der Waals surface area contributed by atoms with Crippen LogP contribution in [0.25, 0.3) is 67.1 Å². The molecule has 18 heteroatoms. The van der Waals surface area contributed by atoms with Crippen LogP contribution < -0.4 is 14.8 Å². The predicted octanol–water partition coefficient (Wildman–Crippen LogP) is 17.5. The number of imidazole rings is 2. The fourth-order valence-electron chi connectivity index (χ4n) is 14.4. The molecular formula is C89H82F2N10O6. The number of benzene rings is 10. The van der Waals surface area contributed by atoms with E-state index in [0.29, 0.717) is 76.6 Å². The SMILES string of the molecule is CCc1cc(OCc2ccccc2)c(F)cc1-c1ccc2c(-c3nc4c(n3Cc3ccccc3)C[C@@H](C(=O)OCc3ccccc3)N(C(C)C)C4)n[nH]c2c1.CCc1cc(OCc2ccccc2)c(F)cc1-c1ccc2c(-c3nc4c(n3Cc3ccccc3)C[C@@H](C(=O)OCc3ccccc3)NC4)n[nH]c2c1. The van der Waals surface area contributed by atoms with E-state index in [1.54, 1.807) is 18.2 Å². The van der Waals surface area contributed by atoms with E-state index in [2.05, 4.69) is 81.5 Å². The normalized spacial score (nSPS) is 14.1. The number of ether oxygens (including phenoxy) is 4. The lowest BCUT2D eigenvalue weighted by Gasteiger charge is -2.36. The Kier molecular flexibility index (Phi) is 21.2. The van der Waals surface area contributed by atoms with Crippen molar-refractivity contribution in [3.8, 4) is 56.8 Å². The fourth-order valence-corrected chi connectivity index (χ4v) is 14.4. The molecule has 4 aromatic heterocycles. The van der Waals surface area contributed by atoms with Crippen molar-refractivity contribution in [2.75, 3.05) is 0 Å². The van der Waals surface area contributed by atoms with E-state index in [0.717, 1.165) is 123 Å². The molecule has 2 aliphatic rings. The number of nitrogens with zero attached hydrogens (tertiary/aromatic N) is 7. The first-order valence-corrected chi connectivity index (χ1v) is 36.5. The lowest BCUT2D eigenvalue weighted by atomic mass is 9.96. The monoisotopic (exact) mass is 1420 g/mol. The van der Waals surface area contributed by atoms with Gasteiger partial charge in [0.15, 0.2) is 34.8 Å². The number of fused-ring (bicyclic) bond motifs is 4. The Balaban J connectivity index is 0.000000171. The third-order valence-corrected chi connectivity index (χ3v) is 20.1. The fraction of sp³-hybridized carbons (Fsp3) is 0.213. The molecule has 2 atom stereocenters. The summed E-state index contributed by atoms with van der Waals surface area (Å²) in [5, 5.41) is 21.2. The Morgan fingerprint density at radius 3 is 1.31 bits per heavy atom. The number of hydrogen-bond acceptors (Lipinski definition) is 12. The standard InChI is InChI=1S/C46H44FN5O3.C43H38FN5O3/c1-4-34-23-43(54-28-32-16-10-6-11-17-32)38(47)24-37(34)35-20-21-36-39(22-35)49-50-44(36)45-48-40-27-51(30(2)3)42(46(53)55-29-33-18-12-7-13-19-33)25-41(40)52(45)26-31-14-8-5-9-15-31;1-2-31-21-40(51-26-29-14-8-4-9-15-29)35(44)22-34(31)32-18-19-33-36(20-32)47-48-41(33)42-46-38-24-45-37(43(50)52-27-30-16-10-5-11-17-30)23-39(38)49(42)25-28-12-6-3-7-13-28/h5-24,30,42H,4,25-29H2,1-3H3,(H,49,50);3-22,37,45H,2,23-27H2,1H3,(H,47,48)/t42-;37-/m00/s1. The Bertz CT molecular complexity index is 5440. The first-order chi connectivity index (χ1) is 52.4. The molecule has 6 heterocycles. The summed E-state index contributed by atoms with van der Waals surface area (Å²) in [5.41, 5.74) is 18.3. The molecule has 0 unspecified atom stereocenters. The molecular weight excluding hydrogens is 1340 g/mol. The zero-order valence-electron chi connectivity index (χ0n) is 60.1. The van der Waals surface area contributed by atoms with Crippen molar-refractivity contribution in [1.29, 1.82) is 0 Å². The summed E-state index contributed by atoms with van der Waals surface area (Å²) >= 11 is 0. The molecule has 0 spiro atoms. The van der Waals surface area contributed by atoms with Crippen LogP contribution >= 0.6 is 0 Å². The zero-order chi connectivity index (χ0) is 73.3. The first-order valence-electron chi connectivity index (χ1n) is 36.5. The molecule has 107 heavy (non-hydrogen) atoms. The Morgan fingerprint density at radius 2 is 0.879 bits per heavy atom. The molecule has 16 rings (SSSR count). The second kappa shape index (κ2) is 32.1. The van der Waals surface area contributed by atoms with Gasteiger partial charge in [-0.1, -0.05) is 208 Å². The van der Waals surface area contributed by atoms with Crippen LogP contribution in [-0.2, 0) is 97.4 Å². The third kappa shape index (κ3) is 15.7. The highest BCUT2D eigenvalue weighted by Crippen LogP contribution is 2.40. The predicted molar refractivity (Wildman–Crippen MR) is 412 cm³/mol. The summed E-state index contributed by atoms with van der Waals surface area (Å²) in [6, 6.07) is 77.4. The van der Waals surface area contributed by atoms with Gasteiger partial charge in [0.25, 0.3) is 0 Å². The van der Waals surface area contributed by atoms with Crippen molar-refractivity contribution in [2.45, 2.75) is 124 Å². The summed E-state index contributed by atoms with van der Waals surface area (Å²) < 4.78 is 58.7. The largest absolute Gasteiger partial charge is 0.486 e. The zero-order valence-corrected chi connectivity index (χ0v) is 60.1. The van der Waals surface area contributed by atoms with Crippen LogP contribution in [0.15, 0.2) is 243 Å². The lowest BCUT2D eigenvalue weighted by Crippen LogP contribution is -2.49. The summed E-state index contributed by atoms with van der Waals surface area (Å²) in [5.74, 6) is 0.588. The Morgan fingerprint density at radius 1 is 0.477 bits per heavy atom. The smallest absolute Gasteiger partial charge is 0.324 e. The van der Waals surface area contributed by atoms with Gasteiger partial charge in [0.05, 0.1) is 22.4 Å². The Hall–Kier alpha value is -12.1. The maximum atomic E-state index is 15.5. The molecule has 2 aliphatic heterocycles. The van der Waals surface area contributed by atoms with Crippen molar-refractivity contribution < 1.29 is 37.3 Å². The second-order valence-corrected chi connectivity index (χ2v) is 27.4. The van der Waals surface area contributed by atoms with E-state index in [4.69, 9.17) is 39.1 Å². The highest BCUT2D eigenvalue weighted by Gasteiger charge is 2.39. The van der Waals surface area contributed by atoms with Gasteiger partial charge in [0.2, 0.25) is 0 Å². The second-order valence-electron chi connectivity index (χ2n) is 27.4. The van der Waals surface area contributed by atoms with Crippen LogP contribution in [0.5, 0.6) is 11.5 Å². The molecule has 0 bridgehead atoms. The minimum absolute atomic E-state index is 0.0946. The number of aromatic nitrogens is 8. The lowest BCUT2D eigenvalue weighted by molar-refractivity contribution is -0.153. The molecule has 16 nitrogen and oxygen atoms in total. The van der Waals surface area contributed by atoms with Gasteiger partial charge in [0, 0.05) is 67.2 Å². The van der Waals surface area contributed by atoms with Gasteiger partial charge >= 0.3 is 11.9 Å². The van der Waals surface area contributed by atoms with Crippen LogP contribution in [0.3, 0.4) is 0 Å². The molecule has 14 aromatic rings. The number of carbonyl (C=O) groups is 2. The van der Waals surface area contributed by atoms with Crippen LogP contribution in [0, 0.1) is 11.6 Å². The average Bonchev–Trinajstić information content (AvgIpc) is 1.60. The number of aryl methyl sites for hydroxylation is 2. The number of H-pyrrole nitrogens is 2. The van der Waals surface area contributed by atoms with Gasteiger partial charge in [0.1, 0.15) is 49.9 Å². The van der Waals surface area contributed by atoms with Crippen LogP contribution in [-0.4, -0.2) is 74.5 Å². The average molecular weight is 1430 g/mol. The topological polar surface area (TPSA) is 179 Å². The molecule has 0 aliphatic carbocycles. The van der Waals surface area contributed by atoms with Gasteiger partial charge in [-0.2, -0.15) is 10.2 Å². The molecule has 10 aromatic carbocycles. The molecule has 0 fully saturated rings. The van der Waals surface area contributed by atoms with Crippen LogP contribution in [0.2, 0.25) is 0 Å². The van der Waals surface area contributed by atoms with Gasteiger partial charge < -0.3 is 28.1 Å². The van der Waals surface area contributed by atoms with E-state index in [1.165, 1.54) is 0 Å². The van der Waals surface area contributed by atoms with E-state index in [-0.39, 0.29) is 42.7 Å². The minimum atomic E-state index is -0.503. The Labute approximate surface area is 620 Å². The summed E-state index contributed by atoms with van der Waals surface area (Å²) in [6.07, 6.45) is 2.32. The third-order valence-electron chi connectivity index (χ3n) is 20.1. The van der Waals surface area contributed by atoms with Gasteiger partial charge in [-0.15, -0.1) is 0 Å². The molecule has 0 saturated carbocycles. The number of carbonyl (C=O) groups excluding carboxylic acids is 2. The summed E-state index contributed by atoms with van der Waals surface area (Å²) in [4.78, 5) is 39.5. The van der Waals surface area contributed by atoms with Crippen molar-refractivity contribution in [2.24, 2.45) is 0 Å². The highest BCUT2D eigenvalue weighted by molar-refractivity contribution is 5.96.